The van der Waals surface area contributed by atoms with Gasteiger partial charge in [-0.05, 0) is 49.3 Å². The van der Waals surface area contributed by atoms with Crippen molar-refractivity contribution in [2.45, 2.75) is 37.7 Å². The molecule has 3 heterocycles. The van der Waals surface area contributed by atoms with Crippen molar-refractivity contribution in [3.63, 3.8) is 0 Å². The van der Waals surface area contributed by atoms with Crippen molar-refractivity contribution in [1.29, 1.82) is 0 Å². The first kappa shape index (κ1) is 17.6. The number of methoxy groups -OCH3 is 1. The van der Waals surface area contributed by atoms with Crippen LogP contribution in [0.25, 0.3) is 0 Å². The van der Waals surface area contributed by atoms with E-state index in [1.54, 1.807) is 7.11 Å². The molecule has 2 saturated heterocycles. The van der Waals surface area contributed by atoms with Crippen molar-refractivity contribution >= 4 is 5.91 Å². The van der Waals surface area contributed by atoms with Crippen LogP contribution in [-0.4, -0.2) is 56.6 Å². The van der Waals surface area contributed by atoms with Crippen molar-refractivity contribution in [1.82, 2.24) is 4.90 Å². The number of carbonyl (C=O) groups excluding carboxylic acids is 1. The van der Waals surface area contributed by atoms with E-state index < -0.39 is 0 Å². The van der Waals surface area contributed by atoms with Gasteiger partial charge in [0.25, 0.3) is 0 Å². The smallest absolute Gasteiger partial charge is 0.231 e. The molecule has 3 aliphatic heterocycles. The zero-order chi connectivity index (χ0) is 18.0. The van der Waals surface area contributed by atoms with Gasteiger partial charge in [-0.2, -0.15) is 0 Å². The molecule has 2 fully saturated rings. The Bertz CT molecular complexity index is 654. The van der Waals surface area contributed by atoms with Gasteiger partial charge in [-0.15, -0.1) is 0 Å². The Balaban J connectivity index is 1.33. The lowest BCUT2D eigenvalue weighted by molar-refractivity contribution is -0.137. The molecule has 0 radical (unpaired) electrons. The molecule has 4 rings (SSSR count). The molecule has 6 heteroatoms. The fraction of sp³-hybridized carbons (Fsp3) is 0.650. The zero-order valence-corrected chi connectivity index (χ0v) is 15.4. The summed E-state index contributed by atoms with van der Waals surface area (Å²) in [4.78, 5) is 14.7. The summed E-state index contributed by atoms with van der Waals surface area (Å²) in [6, 6.07) is 5.73. The molecule has 0 aromatic heterocycles. The molecule has 1 spiro atoms. The third kappa shape index (κ3) is 3.40. The van der Waals surface area contributed by atoms with Crippen LogP contribution >= 0.6 is 0 Å². The van der Waals surface area contributed by atoms with E-state index in [-0.39, 0.29) is 18.3 Å². The van der Waals surface area contributed by atoms with Gasteiger partial charge in [0.1, 0.15) is 0 Å². The summed E-state index contributed by atoms with van der Waals surface area (Å²) in [6.07, 6.45) is 4.40. The van der Waals surface area contributed by atoms with Gasteiger partial charge in [-0.25, -0.2) is 0 Å². The van der Waals surface area contributed by atoms with Gasteiger partial charge in [-0.1, -0.05) is 6.07 Å². The summed E-state index contributed by atoms with van der Waals surface area (Å²) >= 11 is 0. The van der Waals surface area contributed by atoms with Crippen molar-refractivity contribution in [2.24, 2.45) is 5.92 Å². The van der Waals surface area contributed by atoms with Crippen molar-refractivity contribution in [3.8, 4) is 11.5 Å². The van der Waals surface area contributed by atoms with Crippen LogP contribution in [0.1, 0.15) is 31.2 Å². The van der Waals surface area contributed by atoms with Crippen LogP contribution in [0.2, 0.25) is 0 Å². The molecule has 3 aliphatic rings. The molecule has 0 bridgehead atoms. The average molecular weight is 361 g/mol. The maximum absolute atomic E-state index is 12.7. The molecule has 0 N–H and O–H groups in total. The predicted octanol–water partition coefficient (Wildman–Crippen LogP) is 2.39. The summed E-state index contributed by atoms with van der Waals surface area (Å²) in [5, 5.41) is 0. The highest BCUT2D eigenvalue weighted by Gasteiger charge is 2.46. The highest BCUT2D eigenvalue weighted by Crippen LogP contribution is 2.42. The first-order valence-corrected chi connectivity index (χ1v) is 9.49. The normalized spacial score (nSPS) is 23.6. The quantitative estimate of drug-likeness (QED) is 0.806. The number of piperidine rings is 1. The number of carbonyl (C=O) groups is 1. The molecule has 26 heavy (non-hydrogen) atoms. The Labute approximate surface area is 154 Å². The van der Waals surface area contributed by atoms with Gasteiger partial charge in [0, 0.05) is 33.4 Å². The van der Waals surface area contributed by atoms with E-state index in [0.717, 1.165) is 69.0 Å². The number of ether oxygens (including phenoxy) is 4. The van der Waals surface area contributed by atoms with E-state index in [0.29, 0.717) is 12.3 Å². The molecule has 6 nitrogen and oxygen atoms in total. The predicted molar refractivity (Wildman–Crippen MR) is 95.4 cm³/mol. The lowest BCUT2D eigenvalue weighted by Gasteiger charge is -2.42. The van der Waals surface area contributed by atoms with Crippen LogP contribution in [0.5, 0.6) is 11.5 Å². The first-order valence-electron chi connectivity index (χ1n) is 9.49. The summed E-state index contributed by atoms with van der Waals surface area (Å²) in [5.41, 5.74) is 0.920. The van der Waals surface area contributed by atoms with Crippen LogP contribution in [0.3, 0.4) is 0 Å². The maximum atomic E-state index is 12.7. The van der Waals surface area contributed by atoms with E-state index in [2.05, 4.69) is 0 Å². The van der Waals surface area contributed by atoms with Gasteiger partial charge >= 0.3 is 0 Å². The number of fused-ring (bicyclic) bond motifs is 1. The molecular formula is C20H27NO5. The second kappa shape index (κ2) is 7.45. The number of rotatable bonds is 5. The Morgan fingerprint density at radius 1 is 1.27 bits per heavy atom. The molecule has 1 atom stereocenters. The van der Waals surface area contributed by atoms with Gasteiger partial charge in [0.2, 0.25) is 12.7 Å². The molecule has 1 amide bonds. The third-order valence-electron chi connectivity index (χ3n) is 6.03. The summed E-state index contributed by atoms with van der Waals surface area (Å²) in [6.45, 7) is 3.41. The van der Waals surface area contributed by atoms with Crippen LogP contribution in [0.15, 0.2) is 18.2 Å². The molecule has 0 aliphatic carbocycles. The monoisotopic (exact) mass is 361 g/mol. The number of hydrogen-bond acceptors (Lipinski definition) is 5. The van der Waals surface area contributed by atoms with E-state index in [9.17, 15) is 4.79 Å². The summed E-state index contributed by atoms with van der Waals surface area (Å²) in [5.74, 6) is 2.20. The number of amides is 1. The standard InChI is InChI=1S/C20H27NO5/c1-23-10-4-16-5-11-26-20(16)6-8-21(9-7-20)19(22)13-15-2-3-17-18(12-15)25-14-24-17/h2-3,12,16H,4-11,13-14H2,1H3. The molecule has 142 valence electrons. The van der Waals surface area contributed by atoms with E-state index in [1.165, 1.54) is 0 Å². The number of nitrogens with zero attached hydrogens (tertiary/aromatic N) is 1. The van der Waals surface area contributed by atoms with Crippen LogP contribution < -0.4 is 9.47 Å². The lowest BCUT2D eigenvalue weighted by Crippen LogP contribution is -2.49. The molecule has 1 aromatic carbocycles. The highest BCUT2D eigenvalue weighted by atomic mass is 16.7. The Kier molecular flexibility index (Phi) is 5.05. The minimum atomic E-state index is -0.0476. The minimum absolute atomic E-state index is 0.0476. The number of hydrogen-bond donors (Lipinski definition) is 0. The van der Waals surface area contributed by atoms with E-state index >= 15 is 0 Å². The lowest BCUT2D eigenvalue weighted by atomic mass is 9.78. The Morgan fingerprint density at radius 3 is 2.88 bits per heavy atom. The summed E-state index contributed by atoms with van der Waals surface area (Å²) in [7, 11) is 1.75. The largest absolute Gasteiger partial charge is 0.454 e. The summed E-state index contributed by atoms with van der Waals surface area (Å²) < 4.78 is 22.1. The molecule has 1 aromatic rings. The van der Waals surface area contributed by atoms with Crippen LogP contribution in [-0.2, 0) is 20.7 Å². The molecular weight excluding hydrogens is 334 g/mol. The molecule has 0 saturated carbocycles. The van der Waals surface area contributed by atoms with Gasteiger partial charge < -0.3 is 23.8 Å². The first-order chi connectivity index (χ1) is 12.7. The van der Waals surface area contributed by atoms with Gasteiger partial charge in [0.15, 0.2) is 11.5 Å². The second-order valence-corrected chi connectivity index (χ2v) is 7.43. The Hall–Kier alpha value is -1.79. The fourth-order valence-corrected chi connectivity index (χ4v) is 4.48. The maximum Gasteiger partial charge on any atom is 0.231 e. The van der Waals surface area contributed by atoms with Crippen molar-refractivity contribution < 1.29 is 23.7 Å². The zero-order valence-electron chi connectivity index (χ0n) is 15.4. The van der Waals surface area contributed by atoms with Gasteiger partial charge in [-0.3, -0.25) is 4.79 Å². The SMILES string of the molecule is COCCC1CCOC12CCN(C(=O)Cc1ccc3c(c1)OCO3)CC2. The number of benzene rings is 1. The minimum Gasteiger partial charge on any atom is -0.454 e. The van der Waals surface area contributed by atoms with Crippen molar-refractivity contribution in [2.75, 3.05) is 40.2 Å². The number of likely N-dealkylation sites (tertiary alicyclic amines) is 1. The Morgan fingerprint density at radius 2 is 2.08 bits per heavy atom. The highest BCUT2D eigenvalue weighted by molar-refractivity contribution is 5.79. The van der Waals surface area contributed by atoms with Crippen molar-refractivity contribution in [3.05, 3.63) is 23.8 Å². The van der Waals surface area contributed by atoms with Gasteiger partial charge in [0.05, 0.1) is 12.0 Å². The topological polar surface area (TPSA) is 57.2 Å². The molecule has 1 unspecified atom stereocenters. The third-order valence-corrected chi connectivity index (χ3v) is 6.03. The van der Waals surface area contributed by atoms with Crippen LogP contribution in [0, 0.1) is 5.92 Å². The average Bonchev–Trinajstić information content (AvgIpc) is 3.27. The van der Waals surface area contributed by atoms with E-state index in [1.807, 2.05) is 23.1 Å². The second-order valence-electron chi connectivity index (χ2n) is 7.43. The van der Waals surface area contributed by atoms with E-state index in [4.69, 9.17) is 18.9 Å². The van der Waals surface area contributed by atoms with Crippen LogP contribution in [0.4, 0.5) is 0 Å². The fourth-order valence-electron chi connectivity index (χ4n) is 4.48.